The number of amides is 2. The summed E-state index contributed by atoms with van der Waals surface area (Å²) in [6, 6.07) is 22.7. The van der Waals surface area contributed by atoms with Crippen LogP contribution in [0.1, 0.15) is 19.3 Å². The van der Waals surface area contributed by atoms with Crippen LogP contribution in [0.3, 0.4) is 0 Å². The molecule has 174 valence electrons. The van der Waals surface area contributed by atoms with E-state index in [1.807, 2.05) is 12.1 Å². The Morgan fingerprint density at radius 2 is 1.56 bits per heavy atom. The van der Waals surface area contributed by atoms with Gasteiger partial charge in [0, 0.05) is 25.2 Å². The minimum atomic E-state index is -0.346. The molecule has 3 N–H and O–H groups in total. The van der Waals surface area contributed by atoms with E-state index in [1.165, 1.54) is 21.5 Å². The zero-order valence-electron chi connectivity index (χ0n) is 19.1. The highest BCUT2D eigenvalue weighted by Gasteiger charge is 2.25. The number of hydrogen-bond donors (Lipinski definition) is 2. The first-order valence-corrected chi connectivity index (χ1v) is 11.9. The van der Waals surface area contributed by atoms with Crippen molar-refractivity contribution < 1.29 is 14.3 Å². The average Bonchev–Trinajstić information content (AvgIpc) is 2.86. The summed E-state index contributed by atoms with van der Waals surface area (Å²) in [5.41, 5.74) is 6.38. The summed E-state index contributed by atoms with van der Waals surface area (Å²) in [4.78, 5) is 26.5. The molecule has 0 aromatic heterocycles. The van der Waals surface area contributed by atoms with Crippen molar-refractivity contribution in [3.05, 3.63) is 66.7 Å². The fourth-order valence-electron chi connectivity index (χ4n) is 4.98. The molecule has 0 bridgehead atoms. The quantitative estimate of drug-likeness (QED) is 0.404. The van der Waals surface area contributed by atoms with Gasteiger partial charge in [0.05, 0.1) is 19.3 Å². The van der Waals surface area contributed by atoms with Gasteiger partial charge in [-0.25, -0.2) is 0 Å². The van der Waals surface area contributed by atoms with E-state index >= 15 is 0 Å². The molecule has 1 aliphatic rings. The molecule has 1 saturated heterocycles. The van der Waals surface area contributed by atoms with E-state index in [-0.39, 0.29) is 17.9 Å². The first kappa shape index (κ1) is 22.3. The molecule has 1 unspecified atom stereocenters. The number of carbonyl (C=O) groups is 2. The number of primary amides is 1. The molecule has 4 aromatic rings. The van der Waals surface area contributed by atoms with Gasteiger partial charge in [0.25, 0.3) is 0 Å². The molecule has 1 atom stereocenters. The van der Waals surface area contributed by atoms with E-state index in [2.05, 4.69) is 64.8 Å². The summed E-state index contributed by atoms with van der Waals surface area (Å²) in [6.45, 7) is 2.61. The molecule has 4 aromatic carbocycles. The second kappa shape index (κ2) is 9.79. The van der Waals surface area contributed by atoms with Crippen molar-refractivity contribution in [3.63, 3.8) is 0 Å². The summed E-state index contributed by atoms with van der Waals surface area (Å²) in [7, 11) is 0. The van der Waals surface area contributed by atoms with Gasteiger partial charge in [0.15, 0.2) is 0 Å². The van der Waals surface area contributed by atoms with Gasteiger partial charge in [0.1, 0.15) is 0 Å². The normalized spacial score (nSPS) is 15.5. The number of nitrogens with one attached hydrogen (secondary N) is 1. The number of nitrogens with zero attached hydrogens (tertiary/aromatic N) is 1. The van der Waals surface area contributed by atoms with Crippen molar-refractivity contribution in [1.82, 2.24) is 4.90 Å². The van der Waals surface area contributed by atoms with Crippen molar-refractivity contribution in [1.29, 1.82) is 0 Å². The lowest BCUT2D eigenvalue weighted by molar-refractivity contribution is -0.125. The summed E-state index contributed by atoms with van der Waals surface area (Å²) >= 11 is 0. The highest BCUT2D eigenvalue weighted by Crippen LogP contribution is 2.32. The molecule has 34 heavy (non-hydrogen) atoms. The summed E-state index contributed by atoms with van der Waals surface area (Å²) in [5, 5.41) is 10.2. The predicted molar refractivity (Wildman–Crippen MR) is 137 cm³/mol. The van der Waals surface area contributed by atoms with Gasteiger partial charge in [-0.05, 0) is 57.3 Å². The molecule has 2 amide bonds. The Balaban J connectivity index is 1.26. The number of morpholine rings is 1. The number of ether oxygens (including phenoxy) is 1. The predicted octanol–water partition coefficient (Wildman–Crippen LogP) is 4.44. The van der Waals surface area contributed by atoms with E-state index < -0.39 is 0 Å². The van der Waals surface area contributed by atoms with Gasteiger partial charge < -0.3 is 15.8 Å². The van der Waals surface area contributed by atoms with Crippen LogP contribution >= 0.6 is 0 Å². The van der Waals surface area contributed by atoms with Gasteiger partial charge in [0.2, 0.25) is 11.8 Å². The van der Waals surface area contributed by atoms with Crippen LogP contribution in [-0.4, -0.2) is 49.1 Å². The third-order valence-electron chi connectivity index (χ3n) is 6.72. The maximum atomic E-state index is 12.6. The molecular formula is C28H29N3O3. The number of hydrogen-bond acceptors (Lipinski definition) is 4. The molecule has 0 saturated carbocycles. The SMILES string of the molecule is NC(=O)C(CCCC(=O)Nc1ccc2c(ccc3c4ccccc4ccc23)c1)N1CCOCC1. The Kier molecular flexibility index (Phi) is 6.43. The Hall–Kier alpha value is -3.48. The van der Waals surface area contributed by atoms with Crippen molar-refractivity contribution in [2.45, 2.75) is 25.3 Å². The maximum Gasteiger partial charge on any atom is 0.234 e. The van der Waals surface area contributed by atoms with Crippen LogP contribution in [0, 0.1) is 0 Å². The third kappa shape index (κ3) is 4.60. The van der Waals surface area contributed by atoms with Gasteiger partial charge in [-0.15, -0.1) is 0 Å². The second-order valence-electron chi connectivity index (χ2n) is 8.89. The average molecular weight is 456 g/mol. The summed E-state index contributed by atoms with van der Waals surface area (Å²) < 4.78 is 5.35. The van der Waals surface area contributed by atoms with Crippen molar-refractivity contribution >= 4 is 49.8 Å². The monoisotopic (exact) mass is 455 g/mol. The molecule has 6 nitrogen and oxygen atoms in total. The lowest BCUT2D eigenvalue weighted by atomic mass is 9.97. The van der Waals surface area contributed by atoms with Crippen LogP contribution in [0.2, 0.25) is 0 Å². The number of rotatable bonds is 7. The van der Waals surface area contributed by atoms with Crippen LogP contribution in [0.5, 0.6) is 0 Å². The van der Waals surface area contributed by atoms with Crippen LogP contribution in [0.4, 0.5) is 5.69 Å². The minimum absolute atomic E-state index is 0.0590. The lowest BCUT2D eigenvalue weighted by Gasteiger charge is -2.32. The molecule has 0 aliphatic carbocycles. The fraction of sp³-hybridized carbons (Fsp3) is 0.286. The van der Waals surface area contributed by atoms with Crippen LogP contribution in [-0.2, 0) is 14.3 Å². The van der Waals surface area contributed by atoms with E-state index in [1.54, 1.807) is 0 Å². The van der Waals surface area contributed by atoms with E-state index in [9.17, 15) is 9.59 Å². The third-order valence-corrected chi connectivity index (χ3v) is 6.72. The number of nitrogens with two attached hydrogens (primary N) is 1. The van der Waals surface area contributed by atoms with E-state index in [0.717, 1.165) is 16.5 Å². The second-order valence-corrected chi connectivity index (χ2v) is 8.89. The molecule has 0 spiro atoms. The first-order chi connectivity index (χ1) is 16.6. The Morgan fingerprint density at radius 1 is 0.882 bits per heavy atom. The van der Waals surface area contributed by atoms with Crippen molar-refractivity contribution in [3.8, 4) is 0 Å². The van der Waals surface area contributed by atoms with Crippen LogP contribution < -0.4 is 11.1 Å². The highest BCUT2D eigenvalue weighted by molar-refractivity contribution is 6.17. The largest absolute Gasteiger partial charge is 0.379 e. The number of anilines is 1. The molecule has 1 aliphatic heterocycles. The topological polar surface area (TPSA) is 84.7 Å². The van der Waals surface area contributed by atoms with Gasteiger partial charge in [-0.2, -0.15) is 0 Å². The minimum Gasteiger partial charge on any atom is -0.379 e. The van der Waals surface area contributed by atoms with Gasteiger partial charge in [-0.1, -0.05) is 54.6 Å². The zero-order chi connectivity index (χ0) is 23.5. The molecular weight excluding hydrogens is 426 g/mol. The van der Waals surface area contributed by atoms with Crippen molar-refractivity contribution in [2.24, 2.45) is 5.73 Å². The van der Waals surface area contributed by atoms with E-state index in [0.29, 0.717) is 45.6 Å². The highest BCUT2D eigenvalue weighted by atomic mass is 16.5. The van der Waals surface area contributed by atoms with Gasteiger partial charge >= 0.3 is 0 Å². The maximum absolute atomic E-state index is 12.6. The van der Waals surface area contributed by atoms with Crippen molar-refractivity contribution in [2.75, 3.05) is 31.6 Å². The number of benzene rings is 4. The molecule has 5 rings (SSSR count). The fourth-order valence-corrected chi connectivity index (χ4v) is 4.98. The van der Waals surface area contributed by atoms with Crippen LogP contribution in [0.15, 0.2) is 66.7 Å². The van der Waals surface area contributed by atoms with Gasteiger partial charge in [-0.3, -0.25) is 14.5 Å². The Morgan fingerprint density at radius 3 is 2.32 bits per heavy atom. The molecule has 6 heteroatoms. The smallest absolute Gasteiger partial charge is 0.234 e. The number of carbonyl (C=O) groups excluding carboxylic acids is 2. The first-order valence-electron chi connectivity index (χ1n) is 11.9. The lowest BCUT2D eigenvalue weighted by Crippen LogP contribution is -2.49. The molecule has 1 heterocycles. The Labute approximate surface area is 198 Å². The zero-order valence-corrected chi connectivity index (χ0v) is 19.1. The molecule has 1 fully saturated rings. The summed E-state index contributed by atoms with van der Waals surface area (Å²) in [5.74, 6) is -0.395. The van der Waals surface area contributed by atoms with E-state index in [4.69, 9.17) is 10.5 Å². The number of fused-ring (bicyclic) bond motifs is 5. The van der Waals surface area contributed by atoms with Crippen LogP contribution in [0.25, 0.3) is 32.3 Å². The molecule has 0 radical (unpaired) electrons. The standard InChI is InChI=1S/C28H29N3O3/c29-28(33)26(31-14-16-34-17-15-31)6-3-7-27(32)30-21-10-13-23-20(18-21)9-12-24-22-5-2-1-4-19(22)8-11-25(23)24/h1-2,4-5,8-13,18,26H,3,6-7,14-17H2,(H2,29,33)(H,30,32). The Bertz CT molecular complexity index is 1360. The summed E-state index contributed by atoms with van der Waals surface area (Å²) in [6.07, 6.45) is 1.51.